The van der Waals surface area contributed by atoms with Gasteiger partial charge in [0.2, 0.25) is 5.95 Å². The van der Waals surface area contributed by atoms with E-state index in [9.17, 15) is 19.2 Å². The molecule has 0 unspecified atom stereocenters. The van der Waals surface area contributed by atoms with Crippen LogP contribution >= 0.6 is 0 Å². The molecule has 0 radical (unpaired) electrons. The number of fused-ring (bicyclic) bond motifs is 1. The maximum atomic E-state index is 12.3. The molecule has 0 aliphatic rings. The minimum atomic E-state index is -1.27. The topological polar surface area (TPSA) is 191 Å². The van der Waals surface area contributed by atoms with E-state index in [0.717, 1.165) is 43.2 Å². The van der Waals surface area contributed by atoms with E-state index in [1.165, 1.54) is 0 Å². The predicted octanol–water partition coefficient (Wildman–Crippen LogP) is 1.84. The smallest absolute Gasteiger partial charge is 0.326 e. The monoisotopic (exact) mass is 469 g/mol. The van der Waals surface area contributed by atoms with Crippen LogP contribution in [0.1, 0.15) is 53.6 Å². The molecule has 34 heavy (non-hydrogen) atoms. The Morgan fingerprint density at radius 3 is 2.44 bits per heavy atom. The first-order valence-electron chi connectivity index (χ1n) is 10.9. The van der Waals surface area contributed by atoms with Crippen LogP contribution in [0.5, 0.6) is 0 Å². The van der Waals surface area contributed by atoms with Crippen molar-refractivity contribution in [1.29, 1.82) is 0 Å². The van der Waals surface area contributed by atoms with Crippen molar-refractivity contribution < 1.29 is 24.6 Å². The Bertz CT molecular complexity index is 1230. The summed E-state index contributed by atoms with van der Waals surface area (Å²) in [5.41, 5.74) is 8.05. The van der Waals surface area contributed by atoms with Gasteiger partial charge in [-0.25, -0.2) is 4.79 Å². The highest BCUT2D eigenvalue weighted by Gasteiger charge is 2.21. The van der Waals surface area contributed by atoms with Gasteiger partial charge in [0.15, 0.2) is 0 Å². The van der Waals surface area contributed by atoms with E-state index in [-0.39, 0.29) is 24.3 Å². The first kappa shape index (κ1) is 24.5. The van der Waals surface area contributed by atoms with E-state index in [1.807, 2.05) is 12.1 Å². The SMILES string of the molecule is Nc1nc2[nH]cc(CCCCCc3ccc(C(=O)N[C@@H](CCC(=O)O)C(=O)O)cc3)c2c(=O)[nH]1. The molecule has 11 heteroatoms. The highest BCUT2D eigenvalue weighted by Crippen LogP contribution is 2.16. The molecule has 0 aliphatic carbocycles. The second-order valence-electron chi connectivity index (χ2n) is 8.04. The zero-order valence-corrected chi connectivity index (χ0v) is 18.5. The van der Waals surface area contributed by atoms with Crippen molar-refractivity contribution in [1.82, 2.24) is 20.3 Å². The largest absolute Gasteiger partial charge is 0.481 e. The molecule has 1 atom stereocenters. The molecular weight excluding hydrogens is 442 g/mol. The van der Waals surface area contributed by atoms with Crippen LogP contribution in [-0.2, 0) is 22.4 Å². The van der Waals surface area contributed by atoms with Gasteiger partial charge in [0.05, 0.1) is 5.39 Å². The van der Waals surface area contributed by atoms with Crippen LogP contribution in [0.3, 0.4) is 0 Å². The van der Waals surface area contributed by atoms with E-state index in [1.54, 1.807) is 18.3 Å². The molecule has 0 saturated carbocycles. The second kappa shape index (κ2) is 11.1. The van der Waals surface area contributed by atoms with Gasteiger partial charge in [-0.3, -0.25) is 19.4 Å². The molecule has 0 bridgehead atoms. The van der Waals surface area contributed by atoms with Crippen LogP contribution in [0, 0.1) is 0 Å². The fraction of sp³-hybridized carbons (Fsp3) is 0.348. The summed E-state index contributed by atoms with van der Waals surface area (Å²) < 4.78 is 0. The minimum absolute atomic E-state index is 0.0780. The number of nitrogens with zero attached hydrogens (tertiary/aromatic N) is 1. The van der Waals surface area contributed by atoms with Crippen LogP contribution in [0.2, 0.25) is 0 Å². The van der Waals surface area contributed by atoms with Crippen molar-refractivity contribution in [3.05, 3.63) is 57.5 Å². The lowest BCUT2D eigenvalue weighted by Crippen LogP contribution is -2.41. The third-order valence-corrected chi connectivity index (χ3v) is 5.52. The summed E-state index contributed by atoms with van der Waals surface area (Å²) in [6, 6.07) is 5.62. The number of nitrogens with one attached hydrogen (secondary N) is 3. The quantitative estimate of drug-likeness (QED) is 0.216. The number of aromatic nitrogens is 3. The zero-order chi connectivity index (χ0) is 24.7. The molecule has 3 rings (SSSR count). The average molecular weight is 469 g/mol. The molecule has 0 aliphatic heterocycles. The predicted molar refractivity (Wildman–Crippen MR) is 125 cm³/mol. The summed E-state index contributed by atoms with van der Waals surface area (Å²) >= 11 is 0. The van der Waals surface area contributed by atoms with Crippen molar-refractivity contribution >= 4 is 34.8 Å². The van der Waals surface area contributed by atoms with Crippen molar-refractivity contribution in [2.24, 2.45) is 0 Å². The van der Waals surface area contributed by atoms with Crippen molar-refractivity contribution in [3.8, 4) is 0 Å². The molecule has 0 spiro atoms. The fourth-order valence-electron chi connectivity index (χ4n) is 3.73. The number of unbranched alkanes of at least 4 members (excludes halogenated alkanes) is 2. The number of nitrogens with two attached hydrogens (primary N) is 1. The number of benzene rings is 1. The molecule has 2 heterocycles. The van der Waals surface area contributed by atoms with E-state index in [4.69, 9.17) is 15.9 Å². The van der Waals surface area contributed by atoms with Gasteiger partial charge in [0.25, 0.3) is 11.5 Å². The molecular formula is C23H27N5O6. The number of carbonyl (C=O) groups is 3. The fourth-order valence-corrected chi connectivity index (χ4v) is 3.73. The lowest BCUT2D eigenvalue weighted by atomic mass is 10.0. The van der Waals surface area contributed by atoms with E-state index in [0.29, 0.717) is 16.6 Å². The third-order valence-electron chi connectivity index (χ3n) is 5.52. The number of aliphatic carboxylic acids is 2. The van der Waals surface area contributed by atoms with Crippen molar-refractivity contribution in [3.63, 3.8) is 0 Å². The molecule has 7 N–H and O–H groups in total. The molecule has 1 aromatic carbocycles. The first-order chi connectivity index (χ1) is 16.2. The number of amides is 1. The zero-order valence-electron chi connectivity index (χ0n) is 18.5. The number of anilines is 1. The normalized spacial score (nSPS) is 11.9. The Labute approximate surface area is 194 Å². The summed E-state index contributed by atoms with van der Waals surface area (Å²) in [5, 5.41) is 20.8. The number of carboxylic acid groups (broad SMARTS) is 2. The number of aromatic amines is 2. The van der Waals surface area contributed by atoms with Crippen LogP contribution < -0.4 is 16.6 Å². The molecule has 11 nitrogen and oxygen atoms in total. The van der Waals surface area contributed by atoms with Gasteiger partial charge >= 0.3 is 11.9 Å². The average Bonchev–Trinajstić information content (AvgIpc) is 3.19. The maximum Gasteiger partial charge on any atom is 0.326 e. The van der Waals surface area contributed by atoms with Gasteiger partial charge in [-0.2, -0.15) is 4.98 Å². The molecule has 3 aromatic rings. The number of hydrogen-bond acceptors (Lipinski definition) is 6. The Hall–Kier alpha value is -4.15. The van der Waals surface area contributed by atoms with Gasteiger partial charge in [-0.05, 0) is 55.4 Å². The lowest BCUT2D eigenvalue weighted by molar-refractivity contribution is -0.140. The van der Waals surface area contributed by atoms with Crippen molar-refractivity contribution in [2.75, 3.05) is 5.73 Å². The van der Waals surface area contributed by atoms with Gasteiger partial charge < -0.3 is 26.2 Å². The number of carbonyl (C=O) groups excluding carboxylic acids is 1. The van der Waals surface area contributed by atoms with Crippen LogP contribution in [0.25, 0.3) is 11.0 Å². The molecule has 180 valence electrons. The number of rotatable bonds is 12. The van der Waals surface area contributed by atoms with E-state index < -0.39 is 23.9 Å². The van der Waals surface area contributed by atoms with Gasteiger partial charge in [-0.1, -0.05) is 18.6 Å². The molecule has 0 saturated heterocycles. The Morgan fingerprint density at radius 2 is 1.76 bits per heavy atom. The van der Waals surface area contributed by atoms with Crippen LogP contribution in [0.4, 0.5) is 5.95 Å². The number of hydrogen-bond donors (Lipinski definition) is 6. The molecule has 0 fully saturated rings. The Kier molecular flexibility index (Phi) is 8.01. The minimum Gasteiger partial charge on any atom is -0.481 e. The Morgan fingerprint density at radius 1 is 1.06 bits per heavy atom. The summed E-state index contributed by atoms with van der Waals surface area (Å²) in [6.45, 7) is 0. The van der Waals surface area contributed by atoms with Crippen LogP contribution in [-0.4, -0.2) is 49.1 Å². The summed E-state index contributed by atoms with van der Waals surface area (Å²) in [7, 11) is 0. The summed E-state index contributed by atoms with van der Waals surface area (Å²) in [4.78, 5) is 55.9. The standard InChI is InChI=1S/C23H27N5O6/c24-23-27-19-18(21(32)28-23)15(12-25-19)5-3-1-2-4-13-6-8-14(9-7-13)20(31)26-16(22(33)34)10-11-17(29)30/h6-9,12,16H,1-5,10-11H2,(H,26,31)(H,29,30)(H,33,34)(H4,24,25,27,28,32)/t16-/m0/s1. The first-order valence-corrected chi connectivity index (χ1v) is 10.9. The number of nitrogen functional groups attached to an aromatic ring is 1. The number of H-pyrrole nitrogens is 2. The van der Waals surface area contributed by atoms with E-state index in [2.05, 4.69) is 20.3 Å². The van der Waals surface area contributed by atoms with Crippen LogP contribution in [0.15, 0.2) is 35.3 Å². The van der Waals surface area contributed by atoms with Gasteiger partial charge in [0, 0.05) is 18.2 Å². The summed E-state index contributed by atoms with van der Waals surface area (Å²) in [6.07, 6.45) is 5.55. The van der Waals surface area contributed by atoms with Crippen molar-refractivity contribution in [2.45, 2.75) is 51.0 Å². The third kappa shape index (κ3) is 6.44. The molecule has 1 amide bonds. The lowest BCUT2D eigenvalue weighted by Gasteiger charge is -2.13. The summed E-state index contributed by atoms with van der Waals surface area (Å²) in [5.74, 6) is -2.88. The number of carboxylic acids is 2. The number of aryl methyl sites for hydroxylation is 2. The highest BCUT2D eigenvalue weighted by atomic mass is 16.4. The molecule has 2 aromatic heterocycles. The van der Waals surface area contributed by atoms with Gasteiger partial charge in [0.1, 0.15) is 11.7 Å². The van der Waals surface area contributed by atoms with Gasteiger partial charge in [-0.15, -0.1) is 0 Å². The second-order valence-corrected chi connectivity index (χ2v) is 8.04. The maximum absolute atomic E-state index is 12.3. The highest BCUT2D eigenvalue weighted by molar-refractivity contribution is 5.96. The van der Waals surface area contributed by atoms with E-state index >= 15 is 0 Å². The Balaban J connectivity index is 1.45.